The van der Waals surface area contributed by atoms with Crippen LogP contribution in [0.5, 0.6) is 11.5 Å². The second kappa shape index (κ2) is 8.59. The van der Waals surface area contributed by atoms with E-state index in [4.69, 9.17) is 14.2 Å². The van der Waals surface area contributed by atoms with Gasteiger partial charge >= 0.3 is 0 Å². The van der Waals surface area contributed by atoms with Gasteiger partial charge in [-0.05, 0) is 63.1 Å². The summed E-state index contributed by atoms with van der Waals surface area (Å²) in [5, 5.41) is 0. The topological polar surface area (TPSA) is 27.7 Å². The van der Waals surface area contributed by atoms with Gasteiger partial charge in [-0.3, -0.25) is 0 Å². The number of hydrogen-bond acceptors (Lipinski definition) is 3. The Labute approximate surface area is 139 Å². The molecule has 0 spiro atoms. The lowest BCUT2D eigenvalue weighted by Crippen LogP contribution is -2.05. The Morgan fingerprint density at radius 2 is 1.00 bits per heavy atom. The van der Waals surface area contributed by atoms with Crippen LogP contribution in [0.25, 0.3) is 0 Å². The van der Waals surface area contributed by atoms with Gasteiger partial charge in [0.25, 0.3) is 0 Å². The van der Waals surface area contributed by atoms with Crippen molar-refractivity contribution in [3.05, 3.63) is 59.7 Å². The maximum atomic E-state index is 6.14. The Morgan fingerprint density at radius 1 is 0.652 bits per heavy atom. The Kier molecular flexibility index (Phi) is 6.48. The Hall–Kier alpha value is -2.00. The van der Waals surface area contributed by atoms with Gasteiger partial charge in [0, 0.05) is 0 Å². The molecule has 0 heterocycles. The predicted molar refractivity (Wildman–Crippen MR) is 93.1 cm³/mol. The van der Waals surface area contributed by atoms with E-state index in [2.05, 4.69) is 38.1 Å². The second-order valence-electron chi connectivity index (χ2n) is 5.42. The minimum atomic E-state index is 0.0206. The molecule has 0 amide bonds. The molecule has 0 radical (unpaired) electrons. The van der Waals surface area contributed by atoms with Crippen LogP contribution in [-0.2, 0) is 4.74 Å². The second-order valence-corrected chi connectivity index (χ2v) is 5.42. The van der Waals surface area contributed by atoms with Crippen molar-refractivity contribution in [3.8, 4) is 11.5 Å². The molecule has 2 aromatic carbocycles. The summed E-state index contributed by atoms with van der Waals surface area (Å²) in [7, 11) is 0. The zero-order valence-corrected chi connectivity index (χ0v) is 14.4. The number of hydrogen-bond donors (Lipinski definition) is 0. The van der Waals surface area contributed by atoms with E-state index >= 15 is 0 Å². The van der Waals surface area contributed by atoms with Gasteiger partial charge in [0.2, 0.25) is 0 Å². The first-order chi connectivity index (χ1) is 11.1. The quantitative estimate of drug-likeness (QED) is 0.659. The van der Waals surface area contributed by atoms with Crippen LogP contribution in [0.15, 0.2) is 48.5 Å². The third kappa shape index (κ3) is 5.00. The van der Waals surface area contributed by atoms with E-state index in [0.29, 0.717) is 13.2 Å². The normalized spacial score (nSPS) is 13.4. The summed E-state index contributed by atoms with van der Waals surface area (Å²) in [5.41, 5.74) is 2.29. The molecule has 0 fully saturated rings. The predicted octanol–water partition coefficient (Wildman–Crippen LogP) is 5.32. The molecule has 2 aromatic rings. The fraction of sp³-hybridized carbons (Fsp3) is 0.400. The molecule has 3 heteroatoms. The molecular weight excluding hydrogens is 288 g/mol. The van der Waals surface area contributed by atoms with E-state index in [1.54, 1.807) is 0 Å². The summed E-state index contributed by atoms with van der Waals surface area (Å²) in [4.78, 5) is 0. The third-order valence-electron chi connectivity index (χ3n) is 3.73. The van der Waals surface area contributed by atoms with Gasteiger partial charge in [0.05, 0.1) is 25.4 Å². The molecule has 2 rings (SSSR count). The SMILES string of the molecule is CCOc1ccc(C(C)OC(C)c2ccc(OCC)cc2)cc1. The van der Waals surface area contributed by atoms with Gasteiger partial charge in [-0.25, -0.2) is 0 Å². The molecular formula is C20H26O3. The summed E-state index contributed by atoms with van der Waals surface area (Å²) in [6, 6.07) is 16.2. The largest absolute Gasteiger partial charge is 0.494 e. The molecule has 0 aromatic heterocycles. The zero-order chi connectivity index (χ0) is 16.7. The van der Waals surface area contributed by atoms with Crippen LogP contribution in [0.1, 0.15) is 51.0 Å². The van der Waals surface area contributed by atoms with E-state index in [-0.39, 0.29) is 12.2 Å². The molecule has 0 aliphatic carbocycles. The van der Waals surface area contributed by atoms with Crippen molar-refractivity contribution in [3.63, 3.8) is 0 Å². The summed E-state index contributed by atoms with van der Waals surface area (Å²) < 4.78 is 17.1. The van der Waals surface area contributed by atoms with Crippen molar-refractivity contribution in [1.82, 2.24) is 0 Å². The molecule has 23 heavy (non-hydrogen) atoms. The van der Waals surface area contributed by atoms with E-state index in [0.717, 1.165) is 22.6 Å². The summed E-state index contributed by atoms with van der Waals surface area (Å²) >= 11 is 0. The van der Waals surface area contributed by atoms with Crippen LogP contribution in [-0.4, -0.2) is 13.2 Å². The average molecular weight is 314 g/mol. The number of benzene rings is 2. The molecule has 0 saturated carbocycles. The van der Waals surface area contributed by atoms with Crippen molar-refractivity contribution < 1.29 is 14.2 Å². The Balaban J connectivity index is 1.96. The van der Waals surface area contributed by atoms with Gasteiger partial charge < -0.3 is 14.2 Å². The first-order valence-corrected chi connectivity index (χ1v) is 8.25. The molecule has 0 bridgehead atoms. The maximum absolute atomic E-state index is 6.14. The Morgan fingerprint density at radius 3 is 1.30 bits per heavy atom. The van der Waals surface area contributed by atoms with E-state index in [9.17, 15) is 0 Å². The average Bonchev–Trinajstić information content (AvgIpc) is 2.56. The van der Waals surface area contributed by atoms with Crippen LogP contribution in [0, 0.1) is 0 Å². The van der Waals surface area contributed by atoms with Crippen LogP contribution >= 0.6 is 0 Å². The summed E-state index contributed by atoms with van der Waals surface area (Å²) in [6.45, 7) is 9.47. The molecule has 2 unspecified atom stereocenters. The highest BCUT2D eigenvalue weighted by molar-refractivity contribution is 5.30. The van der Waals surface area contributed by atoms with Gasteiger partial charge in [-0.15, -0.1) is 0 Å². The van der Waals surface area contributed by atoms with E-state index in [1.165, 1.54) is 0 Å². The summed E-state index contributed by atoms with van der Waals surface area (Å²) in [5.74, 6) is 1.78. The fourth-order valence-electron chi connectivity index (χ4n) is 2.47. The number of ether oxygens (including phenoxy) is 3. The van der Waals surface area contributed by atoms with E-state index in [1.807, 2.05) is 38.1 Å². The van der Waals surface area contributed by atoms with Gasteiger partial charge in [0.1, 0.15) is 11.5 Å². The monoisotopic (exact) mass is 314 g/mol. The van der Waals surface area contributed by atoms with Crippen LogP contribution in [0.3, 0.4) is 0 Å². The Bertz CT molecular complexity index is 521. The third-order valence-corrected chi connectivity index (χ3v) is 3.73. The van der Waals surface area contributed by atoms with Crippen molar-refractivity contribution in [2.75, 3.05) is 13.2 Å². The van der Waals surface area contributed by atoms with Crippen LogP contribution in [0.4, 0.5) is 0 Å². The highest BCUT2D eigenvalue weighted by Crippen LogP contribution is 2.28. The smallest absolute Gasteiger partial charge is 0.119 e. The lowest BCUT2D eigenvalue weighted by atomic mass is 10.1. The van der Waals surface area contributed by atoms with Gasteiger partial charge in [0.15, 0.2) is 0 Å². The standard InChI is InChI=1S/C20H26O3/c1-5-21-19-11-7-17(8-12-19)15(3)23-16(4)18-9-13-20(14-10-18)22-6-2/h7-16H,5-6H2,1-4H3. The lowest BCUT2D eigenvalue weighted by Gasteiger charge is -2.20. The van der Waals surface area contributed by atoms with Crippen molar-refractivity contribution in [2.45, 2.75) is 39.9 Å². The molecule has 2 atom stereocenters. The van der Waals surface area contributed by atoms with E-state index < -0.39 is 0 Å². The summed E-state index contributed by atoms with van der Waals surface area (Å²) in [6.07, 6.45) is 0.0412. The molecule has 0 aliphatic heterocycles. The molecule has 3 nitrogen and oxygen atoms in total. The maximum Gasteiger partial charge on any atom is 0.119 e. The van der Waals surface area contributed by atoms with Crippen molar-refractivity contribution in [2.24, 2.45) is 0 Å². The highest BCUT2D eigenvalue weighted by Gasteiger charge is 2.13. The number of rotatable bonds is 8. The molecule has 124 valence electrons. The highest BCUT2D eigenvalue weighted by atomic mass is 16.5. The van der Waals surface area contributed by atoms with Crippen molar-refractivity contribution in [1.29, 1.82) is 0 Å². The minimum absolute atomic E-state index is 0.0206. The van der Waals surface area contributed by atoms with Crippen LogP contribution < -0.4 is 9.47 Å². The molecule has 0 aliphatic rings. The van der Waals surface area contributed by atoms with Gasteiger partial charge in [-0.1, -0.05) is 24.3 Å². The minimum Gasteiger partial charge on any atom is -0.494 e. The molecule has 0 saturated heterocycles. The lowest BCUT2D eigenvalue weighted by molar-refractivity contribution is 0.00582. The van der Waals surface area contributed by atoms with Crippen molar-refractivity contribution >= 4 is 0 Å². The first-order valence-electron chi connectivity index (χ1n) is 8.25. The van der Waals surface area contributed by atoms with Crippen LogP contribution in [0.2, 0.25) is 0 Å². The fourth-order valence-corrected chi connectivity index (χ4v) is 2.47. The molecule has 0 N–H and O–H groups in total. The van der Waals surface area contributed by atoms with Gasteiger partial charge in [-0.2, -0.15) is 0 Å². The first kappa shape index (κ1) is 17.4. The zero-order valence-electron chi connectivity index (χ0n) is 14.4.